The fourth-order valence-electron chi connectivity index (χ4n) is 4.05. The zero-order valence-electron chi connectivity index (χ0n) is 17.7. The van der Waals surface area contributed by atoms with Crippen LogP contribution in [-0.2, 0) is 29.3 Å². The van der Waals surface area contributed by atoms with Crippen molar-refractivity contribution < 1.29 is 21.6 Å². The number of alkyl halides is 3. The fourth-order valence-corrected chi connectivity index (χ4v) is 5.59. The number of hydrogen-bond acceptors (Lipinski definition) is 4. The van der Waals surface area contributed by atoms with Crippen LogP contribution in [0.25, 0.3) is 11.0 Å². The maximum atomic E-state index is 13.0. The van der Waals surface area contributed by atoms with Gasteiger partial charge in [-0.15, -0.1) is 0 Å². The first-order chi connectivity index (χ1) is 15.2. The van der Waals surface area contributed by atoms with E-state index in [4.69, 9.17) is 0 Å². The molecule has 1 aliphatic heterocycles. The Kier molecular flexibility index (Phi) is 6.17. The van der Waals surface area contributed by atoms with E-state index in [1.54, 1.807) is 24.3 Å². The summed E-state index contributed by atoms with van der Waals surface area (Å²) in [5.74, 6) is 0.618. The Morgan fingerprint density at radius 2 is 1.81 bits per heavy atom. The lowest BCUT2D eigenvalue weighted by molar-refractivity contribution is -0.137. The second-order valence-corrected chi connectivity index (χ2v) is 9.76. The summed E-state index contributed by atoms with van der Waals surface area (Å²) < 4.78 is 68.3. The number of benzene rings is 2. The number of anilines is 1. The van der Waals surface area contributed by atoms with Crippen molar-refractivity contribution in [2.45, 2.75) is 50.3 Å². The van der Waals surface area contributed by atoms with Gasteiger partial charge in [-0.2, -0.15) is 17.5 Å². The first-order valence-corrected chi connectivity index (χ1v) is 12.0. The highest BCUT2D eigenvalue weighted by molar-refractivity contribution is 7.89. The standard InChI is InChI=1S/C22H25F3N4O2S/c1-2-29-20-10-9-18(32(30,31)28-11-4-3-5-12-28)14-19(20)27-21(29)15-26-17-8-6-7-16(13-17)22(23,24)25/h6-10,13-14,26H,2-5,11-12,15H2,1H3. The Hall–Kier alpha value is -2.59. The maximum absolute atomic E-state index is 13.0. The number of aryl methyl sites for hydroxylation is 1. The highest BCUT2D eigenvalue weighted by Gasteiger charge is 2.30. The second kappa shape index (κ2) is 8.74. The molecule has 0 unspecified atom stereocenters. The van der Waals surface area contributed by atoms with Gasteiger partial charge >= 0.3 is 6.18 Å². The number of fused-ring (bicyclic) bond motifs is 1. The molecule has 32 heavy (non-hydrogen) atoms. The smallest absolute Gasteiger partial charge is 0.378 e. The minimum atomic E-state index is -4.41. The number of aromatic nitrogens is 2. The van der Waals surface area contributed by atoms with Crippen molar-refractivity contribution in [2.24, 2.45) is 0 Å². The van der Waals surface area contributed by atoms with Crippen LogP contribution in [0.1, 0.15) is 37.6 Å². The van der Waals surface area contributed by atoms with E-state index in [1.165, 1.54) is 10.4 Å². The van der Waals surface area contributed by atoms with E-state index in [1.807, 2.05) is 11.5 Å². The van der Waals surface area contributed by atoms with Crippen molar-refractivity contribution in [3.63, 3.8) is 0 Å². The van der Waals surface area contributed by atoms with Crippen LogP contribution in [0.3, 0.4) is 0 Å². The zero-order chi connectivity index (χ0) is 22.9. The number of piperidine rings is 1. The van der Waals surface area contributed by atoms with Gasteiger partial charge in [0.25, 0.3) is 0 Å². The Morgan fingerprint density at radius 3 is 2.50 bits per heavy atom. The SMILES string of the molecule is CCn1c(CNc2cccc(C(F)(F)F)c2)nc2cc(S(=O)(=O)N3CCCCC3)ccc21. The van der Waals surface area contributed by atoms with Gasteiger partial charge in [0.05, 0.1) is 28.0 Å². The first-order valence-electron chi connectivity index (χ1n) is 10.6. The number of nitrogens with one attached hydrogen (secondary N) is 1. The van der Waals surface area contributed by atoms with Crippen LogP contribution in [-0.4, -0.2) is 35.4 Å². The Labute approximate surface area is 185 Å². The van der Waals surface area contributed by atoms with Crippen molar-refractivity contribution in [3.05, 3.63) is 53.9 Å². The number of imidazole rings is 1. The lowest BCUT2D eigenvalue weighted by atomic mass is 10.2. The average molecular weight is 467 g/mol. The van der Waals surface area contributed by atoms with E-state index in [2.05, 4.69) is 10.3 Å². The van der Waals surface area contributed by atoms with Gasteiger partial charge in [0.1, 0.15) is 5.82 Å². The molecule has 0 bridgehead atoms. The van der Waals surface area contributed by atoms with Gasteiger partial charge in [0, 0.05) is 25.3 Å². The molecule has 1 fully saturated rings. The summed E-state index contributed by atoms with van der Waals surface area (Å²) in [5.41, 5.74) is 0.943. The third kappa shape index (κ3) is 4.47. The van der Waals surface area contributed by atoms with Gasteiger partial charge in [0.2, 0.25) is 10.0 Å². The predicted octanol–water partition coefficient (Wildman–Crippen LogP) is 4.86. The van der Waals surface area contributed by atoms with E-state index in [0.29, 0.717) is 36.7 Å². The molecule has 0 saturated carbocycles. The van der Waals surface area contributed by atoms with Gasteiger partial charge in [0.15, 0.2) is 0 Å². The van der Waals surface area contributed by atoms with Crippen molar-refractivity contribution in [2.75, 3.05) is 18.4 Å². The van der Waals surface area contributed by atoms with E-state index in [-0.39, 0.29) is 11.4 Å². The maximum Gasteiger partial charge on any atom is 0.416 e. The lowest BCUT2D eigenvalue weighted by Gasteiger charge is -2.25. The van der Waals surface area contributed by atoms with E-state index in [9.17, 15) is 21.6 Å². The molecule has 0 spiro atoms. The van der Waals surface area contributed by atoms with Crippen LogP contribution in [0.2, 0.25) is 0 Å². The summed E-state index contributed by atoms with van der Waals surface area (Å²) in [6.45, 7) is 3.78. The third-order valence-electron chi connectivity index (χ3n) is 5.71. The van der Waals surface area contributed by atoms with Crippen molar-refractivity contribution in [1.82, 2.24) is 13.9 Å². The Balaban J connectivity index is 1.60. The van der Waals surface area contributed by atoms with E-state index >= 15 is 0 Å². The minimum absolute atomic E-state index is 0.206. The minimum Gasteiger partial charge on any atom is -0.378 e. The Bertz CT molecular complexity index is 1220. The van der Waals surface area contributed by atoms with Crippen LogP contribution >= 0.6 is 0 Å². The van der Waals surface area contributed by atoms with Crippen LogP contribution in [0.4, 0.5) is 18.9 Å². The zero-order valence-corrected chi connectivity index (χ0v) is 18.5. The van der Waals surface area contributed by atoms with E-state index < -0.39 is 21.8 Å². The highest BCUT2D eigenvalue weighted by atomic mass is 32.2. The number of hydrogen-bond donors (Lipinski definition) is 1. The quantitative estimate of drug-likeness (QED) is 0.563. The van der Waals surface area contributed by atoms with Gasteiger partial charge in [-0.3, -0.25) is 0 Å². The van der Waals surface area contributed by atoms with Crippen molar-refractivity contribution in [3.8, 4) is 0 Å². The Morgan fingerprint density at radius 1 is 1.06 bits per heavy atom. The molecule has 4 rings (SSSR count). The number of sulfonamides is 1. The highest BCUT2D eigenvalue weighted by Crippen LogP contribution is 2.31. The molecule has 2 aromatic carbocycles. The monoisotopic (exact) mass is 466 g/mol. The average Bonchev–Trinajstić information content (AvgIpc) is 3.14. The number of rotatable bonds is 6. The summed E-state index contributed by atoms with van der Waals surface area (Å²) in [6, 6.07) is 9.93. The third-order valence-corrected chi connectivity index (χ3v) is 7.60. The van der Waals surface area contributed by atoms with Crippen molar-refractivity contribution >= 4 is 26.7 Å². The molecule has 172 valence electrons. The molecular formula is C22H25F3N4O2S. The first kappa shape index (κ1) is 22.6. The van der Waals surface area contributed by atoms with Gasteiger partial charge in [-0.25, -0.2) is 13.4 Å². The van der Waals surface area contributed by atoms with Crippen LogP contribution < -0.4 is 5.32 Å². The topological polar surface area (TPSA) is 67.2 Å². The van der Waals surface area contributed by atoms with Crippen LogP contribution in [0.5, 0.6) is 0 Å². The molecule has 1 aromatic heterocycles. The molecule has 1 saturated heterocycles. The lowest BCUT2D eigenvalue weighted by Crippen LogP contribution is -2.35. The van der Waals surface area contributed by atoms with Gasteiger partial charge in [-0.1, -0.05) is 12.5 Å². The molecule has 10 heteroatoms. The molecular weight excluding hydrogens is 441 g/mol. The van der Waals surface area contributed by atoms with E-state index in [0.717, 1.165) is 36.9 Å². The molecule has 0 radical (unpaired) electrons. The van der Waals surface area contributed by atoms with Crippen LogP contribution in [0, 0.1) is 0 Å². The fraction of sp³-hybridized carbons (Fsp3) is 0.409. The molecule has 3 aromatic rings. The summed E-state index contributed by atoms with van der Waals surface area (Å²) in [6.07, 6.45) is -1.66. The summed E-state index contributed by atoms with van der Waals surface area (Å²) in [7, 11) is -3.58. The normalized spacial score (nSPS) is 15.9. The predicted molar refractivity (Wildman–Crippen MR) is 117 cm³/mol. The summed E-state index contributed by atoms with van der Waals surface area (Å²) in [4.78, 5) is 4.80. The molecule has 0 atom stereocenters. The summed E-state index contributed by atoms with van der Waals surface area (Å²) in [5, 5.41) is 3.00. The number of nitrogens with zero attached hydrogens (tertiary/aromatic N) is 3. The summed E-state index contributed by atoms with van der Waals surface area (Å²) >= 11 is 0. The second-order valence-electron chi connectivity index (χ2n) is 7.82. The number of halogens is 3. The molecule has 2 heterocycles. The molecule has 1 N–H and O–H groups in total. The molecule has 6 nitrogen and oxygen atoms in total. The molecule has 0 aliphatic carbocycles. The van der Waals surface area contributed by atoms with Crippen LogP contribution in [0.15, 0.2) is 47.4 Å². The molecule has 1 aliphatic rings. The van der Waals surface area contributed by atoms with Gasteiger partial charge < -0.3 is 9.88 Å². The van der Waals surface area contributed by atoms with Gasteiger partial charge in [-0.05, 0) is 56.2 Å². The molecule has 0 amide bonds. The van der Waals surface area contributed by atoms with Crippen molar-refractivity contribution in [1.29, 1.82) is 0 Å². The largest absolute Gasteiger partial charge is 0.416 e.